The molecule has 2 N–H and O–H groups in total. The van der Waals surface area contributed by atoms with Crippen LogP contribution in [0.4, 0.5) is 0 Å². The zero-order chi connectivity index (χ0) is 13.1. The van der Waals surface area contributed by atoms with Crippen molar-refractivity contribution in [1.82, 2.24) is 9.88 Å². The standard InChI is InChI=1S/C13H18BrN3O/c1-9-3-2-4-12(6-15)17(9)13(18)10-5-11(14)8-16-7-10/h5,7-9,12H,2-4,6,15H2,1H3. The number of piperidine rings is 1. The first-order valence-corrected chi connectivity index (χ1v) is 7.06. The number of nitrogens with two attached hydrogens (primary N) is 1. The van der Waals surface area contributed by atoms with Gasteiger partial charge >= 0.3 is 0 Å². The highest BCUT2D eigenvalue weighted by Crippen LogP contribution is 2.24. The summed E-state index contributed by atoms with van der Waals surface area (Å²) in [7, 11) is 0. The van der Waals surface area contributed by atoms with Crippen molar-refractivity contribution in [2.24, 2.45) is 5.73 Å². The highest BCUT2D eigenvalue weighted by molar-refractivity contribution is 9.10. The van der Waals surface area contributed by atoms with Crippen LogP contribution in [-0.2, 0) is 0 Å². The number of hydrogen-bond donors (Lipinski definition) is 1. The van der Waals surface area contributed by atoms with Crippen LogP contribution in [0.15, 0.2) is 22.9 Å². The van der Waals surface area contributed by atoms with Gasteiger partial charge in [-0.3, -0.25) is 9.78 Å². The molecule has 0 aromatic carbocycles. The molecule has 1 aromatic rings. The van der Waals surface area contributed by atoms with E-state index < -0.39 is 0 Å². The summed E-state index contributed by atoms with van der Waals surface area (Å²) in [6.45, 7) is 2.61. The number of hydrogen-bond acceptors (Lipinski definition) is 3. The molecule has 0 aliphatic carbocycles. The van der Waals surface area contributed by atoms with E-state index in [0.717, 1.165) is 23.7 Å². The molecule has 1 aliphatic heterocycles. The lowest BCUT2D eigenvalue weighted by Crippen LogP contribution is -2.51. The molecule has 1 fully saturated rings. The van der Waals surface area contributed by atoms with Crippen molar-refractivity contribution in [3.8, 4) is 0 Å². The number of amides is 1. The number of likely N-dealkylation sites (tertiary alicyclic amines) is 1. The van der Waals surface area contributed by atoms with E-state index in [1.807, 2.05) is 11.0 Å². The van der Waals surface area contributed by atoms with E-state index in [2.05, 4.69) is 27.8 Å². The van der Waals surface area contributed by atoms with Crippen LogP contribution in [-0.4, -0.2) is 34.4 Å². The van der Waals surface area contributed by atoms with E-state index in [-0.39, 0.29) is 18.0 Å². The molecule has 2 heterocycles. The number of carbonyl (C=O) groups is 1. The number of pyridine rings is 1. The minimum absolute atomic E-state index is 0.0338. The third-order valence-electron chi connectivity index (χ3n) is 3.49. The van der Waals surface area contributed by atoms with Crippen molar-refractivity contribution < 1.29 is 4.79 Å². The molecule has 0 saturated carbocycles. The van der Waals surface area contributed by atoms with Gasteiger partial charge < -0.3 is 10.6 Å². The van der Waals surface area contributed by atoms with Gasteiger partial charge in [-0.1, -0.05) is 0 Å². The van der Waals surface area contributed by atoms with Crippen LogP contribution >= 0.6 is 15.9 Å². The molecule has 1 aromatic heterocycles. The summed E-state index contributed by atoms with van der Waals surface area (Å²) in [6, 6.07) is 2.21. The molecular formula is C13H18BrN3O. The Morgan fingerprint density at radius 2 is 2.33 bits per heavy atom. The third kappa shape index (κ3) is 2.72. The maximum absolute atomic E-state index is 12.5. The summed E-state index contributed by atoms with van der Waals surface area (Å²) < 4.78 is 0.822. The molecule has 0 spiro atoms. The van der Waals surface area contributed by atoms with Crippen LogP contribution in [0, 0.1) is 0 Å². The quantitative estimate of drug-likeness (QED) is 0.910. The maximum atomic E-state index is 12.5. The lowest BCUT2D eigenvalue weighted by atomic mass is 9.95. The van der Waals surface area contributed by atoms with Gasteiger partial charge in [0.2, 0.25) is 0 Å². The second-order valence-electron chi connectivity index (χ2n) is 4.77. The van der Waals surface area contributed by atoms with Crippen LogP contribution in [0.1, 0.15) is 36.5 Å². The fourth-order valence-corrected chi connectivity index (χ4v) is 2.93. The monoisotopic (exact) mass is 311 g/mol. The highest BCUT2D eigenvalue weighted by atomic mass is 79.9. The van der Waals surface area contributed by atoms with Gasteiger partial charge in [0, 0.05) is 35.5 Å². The first-order valence-electron chi connectivity index (χ1n) is 6.26. The summed E-state index contributed by atoms with van der Waals surface area (Å²) in [6.07, 6.45) is 6.47. The smallest absolute Gasteiger partial charge is 0.255 e. The molecule has 18 heavy (non-hydrogen) atoms. The van der Waals surface area contributed by atoms with Gasteiger partial charge in [0.25, 0.3) is 5.91 Å². The molecule has 5 heteroatoms. The fourth-order valence-electron chi connectivity index (χ4n) is 2.56. The van der Waals surface area contributed by atoms with Gasteiger partial charge in [0.05, 0.1) is 5.56 Å². The van der Waals surface area contributed by atoms with Gasteiger partial charge in [0.1, 0.15) is 0 Å². The van der Waals surface area contributed by atoms with Gasteiger partial charge in [-0.2, -0.15) is 0 Å². The van der Waals surface area contributed by atoms with Crippen LogP contribution in [0.25, 0.3) is 0 Å². The molecule has 1 amide bonds. The van der Waals surface area contributed by atoms with Gasteiger partial charge in [-0.25, -0.2) is 0 Å². The van der Waals surface area contributed by atoms with Crippen molar-refractivity contribution in [3.63, 3.8) is 0 Å². The van der Waals surface area contributed by atoms with Crippen LogP contribution < -0.4 is 5.73 Å². The van der Waals surface area contributed by atoms with Crippen molar-refractivity contribution in [3.05, 3.63) is 28.5 Å². The molecule has 0 bridgehead atoms. The van der Waals surface area contributed by atoms with Gasteiger partial charge in [0.15, 0.2) is 0 Å². The largest absolute Gasteiger partial charge is 0.332 e. The van der Waals surface area contributed by atoms with Crippen molar-refractivity contribution >= 4 is 21.8 Å². The van der Waals surface area contributed by atoms with Crippen LogP contribution in [0.5, 0.6) is 0 Å². The fraction of sp³-hybridized carbons (Fsp3) is 0.538. The summed E-state index contributed by atoms with van der Waals surface area (Å²) in [4.78, 5) is 18.5. The summed E-state index contributed by atoms with van der Waals surface area (Å²) in [5.74, 6) is 0.0338. The van der Waals surface area contributed by atoms with E-state index in [1.54, 1.807) is 12.4 Å². The molecule has 2 atom stereocenters. The molecule has 2 rings (SSSR count). The Kier molecular flexibility index (Phi) is 4.35. The molecule has 0 radical (unpaired) electrons. The lowest BCUT2D eigenvalue weighted by molar-refractivity contribution is 0.0493. The average Bonchev–Trinajstić information content (AvgIpc) is 2.37. The topological polar surface area (TPSA) is 59.2 Å². The van der Waals surface area contributed by atoms with Crippen molar-refractivity contribution in [1.29, 1.82) is 0 Å². The number of halogens is 1. The zero-order valence-electron chi connectivity index (χ0n) is 10.5. The number of nitrogens with zero attached hydrogens (tertiary/aromatic N) is 2. The Bertz CT molecular complexity index is 438. The molecule has 4 nitrogen and oxygen atoms in total. The Hall–Kier alpha value is -0.940. The molecule has 98 valence electrons. The van der Waals surface area contributed by atoms with E-state index in [0.29, 0.717) is 12.1 Å². The van der Waals surface area contributed by atoms with Crippen LogP contribution in [0.2, 0.25) is 0 Å². The molecule has 1 saturated heterocycles. The maximum Gasteiger partial charge on any atom is 0.255 e. The Morgan fingerprint density at radius 3 is 3.00 bits per heavy atom. The van der Waals surface area contributed by atoms with Gasteiger partial charge in [-0.15, -0.1) is 0 Å². The average molecular weight is 312 g/mol. The molecule has 1 aliphatic rings. The van der Waals surface area contributed by atoms with E-state index >= 15 is 0 Å². The number of rotatable bonds is 2. The number of carbonyl (C=O) groups excluding carboxylic acids is 1. The van der Waals surface area contributed by atoms with Gasteiger partial charge in [-0.05, 0) is 48.2 Å². The SMILES string of the molecule is CC1CCCC(CN)N1C(=O)c1cncc(Br)c1. The molecular weight excluding hydrogens is 294 g/mol. The van der Waals surface area contributed by atoms with Crippen molar-refractivity contribution in [2.75, 3.05) is 6.54 Å². The zero-order valence-corrected chi connectivity index (χ0v) is 12.1. The third-order valence-corrected chi connectivity index (χ3v) is 3.92. The first kappa shape index (κ1) is 13.5. The summed E-state index contributed by atoms with van der Waals surface area (Å²) in [5.41, 5.74) is 6.40. The minimum Gasteiger partial charge on any atom is -0.332 e. The minimum atomic E-state index is 0.0338. The van der Waals surface area contributed by atoms with E-state index in [4.69, 9.17) is 5.73 Å². The predicted molar refractivity (Wildman–Crippen MR) is 74.3 cm³/mol. The normalized spacial score (nSPS) is 24.1. The highest BCUT2D eigenvalue weighted by Gasteiger charge is 2.31. The first-order chi connectivity index (χ1) is 8.63. The Labute approximate surface area is 116 Å². The molecule has 2 unspecified atom stereocenters. The Morgan fingerprint density at radius 1 is 1.56 bits per heavy atom. The van der Waals surface area contributed by atoms with Crippen molar-refractivity contribution in [2.45, 2.75) is 38.3 Å². The Balaban J connectivity index is 2.25. The van der Waals surface area contributed by atoms with Crippen LogP contribution in [0.3, 0.4) is 0 Å². The second-order valence-corrected chi connectivity index (χ2v) is 5.69. The second kappa shape index (κ2) is 5.80. The predicted octanol–water partition coefficient (Wildman–Crippen LogP) is 2.19. The number of aromatic nitrogens is 1. The van der Waals surface area contributed by atoms with E-state index in [9.17, 15) is 4.79 Å². The lowest BCUT2D eigenvalue weighted by Gasteiger charge is -2.40. The summed E-state index contributed by atoms with van der Waals surface area (Å²) >= 11 is 3.34. The summed E-state index contributed by atoms with van der Waals surface area (Å²) in [5, 5.41) is 0. The van der Waals surface area contributed by atoms with E-state index in [1.165, 1.54) is 0 Å².